The van der Waals surface area contributed by atoms with Crippen LogP contribution in [0.15, 0.2) is 18.2 Å². The summed E-state index contributed by atoms with van der Waals surface area (Å²) >= 11 is 5.68. The quantitative estimate of drug-likeness (QED) is 0.757. The van der Waals surface area contributed by atoms with Gasteiger partial charge in [0.25, 0.3) is 0 Å². The van der Waals surface area contributed by atoms with Gasteiger partial charge in [0.1, 0.15) is 5.75 Å². The molecule has 0 spiro atoms. The van der Waals surface area contributed by atoms with Gasteiger partial charge in [-0.05, 0) is 25.5 Å². The first-order chi connectivity index (χ1) is 9.38. The van der Waals surface area contributed by atoms with Crippen LogP contribution in [0.3, 0.4) is 0 Å². The van der Waals surface area contributed by atoms with Gasteiger partial charge in [0.05, 0.1) is 11.1 Å². The maximum absolute atomic E-state index is 12.1. The Morgan fingerprint density at radius 3 is 2.80 bits per heavy atom. The van der Waals surface area contributed by atoms with Gasteiger partial charge in [-0.3, -0.25) is 0 Å². The van der Waals surface area contributed by atoms with Gasteiger partial charge in [-0.1, -0.05) is 11.6 Å². The standard InChI is InChI=1S/C12H15ClF2N2O3/c1-7(18)4-5-16-12(19)17-8-2-3-9(13)10(6-8)20-11(14)15/h2-3,6-7,11,18H,4-5H2,1H3,(H2,16,17,19)/t7-/m1/s1. The van der Waals surface area contributed by atoms with Gasteiger partial charge >= 0.3 is 12.6 Å². The number of aliphatic hydroxyl groups excluding tert-OH is 1. The van der Waals surface area contributed by atoms with Crippen molar-refractivity contribution in [3.8, 4) is 5.75 Å². The SMILES string of the molecule is C[C@@H](O)CCNC(=O)Nc1ccc(Cl)c(OC(F)F)c1. The highest BCUT2D eigenvalue weighted by Gasteiger charge is 2.10. The van der Waals surface area contributed by atoms with Crippen LogP contribution in [0.25, 0.3) is 0 Å². The van der Waals surface area contributed by atoms with Crippen molar-refractivity contribution in [3.63, 3.8) is 0 Å². The Morgan fingerprint density at radius 1 is 1.50 bits per heavy atom. The number of aliphatic hydroxyl groups is 1. The Bertz CT molecular complexity index is 458. The second-order valence-corrected chi connectivity index (χ2v) is 4.45. The lowest BCUT2D eigenvalue weighted by atomic mass is 10.3. The molecule has 1 aromatic carbocycles. The van der Waals surface area contributed by atoms with Gasteiger partial charge < -0.3 is 20.5 Å². The normalized spacial score (nSPS) is 12.1. The summed E-state index contributed by atoms with van der Waals surface area (Å²) in [7, 11) is 0. The van der Waals surface area contributed by atoms with Crippen LogP contribution in [-0.2, 0) is 0 Å². The van der Waals surface area contributed by atoms with Gasteiger partial charge in [0.15, 0.2) is 0 Å². The first-order valence-corrected chi connectivity index (χ1v) is 6.23. The number of halogens is 3. The Balaban J connectivity index is 2.57. The van der Waals surface area contributed by atoms with Crippen molar-refractivity contribution in [2.24, 2.45) is 0 Å². The summed E-state index contributed by atoms with van der Waals surface area (Å²) in [6.45, 7) is -1.10. The molecule has 1 atom stereocenters. The predicted molar refractivity (Wildman–Crippen MR) is 71.4 cm³/mol. The number of ether oxygens (including phenoxy) is 1. The molecule has 0 aliphatic heterocycles. The van der Waals surface area contributed by atoms with Crippen LogP contribution in [0.1, 0.15) is 13.3 Å². The van der Waals surface area contributed by atoms with E-state index in [2.05, 4.69) is 15.4 Å². The molecule has 8 heteroatoms. The Kier molecular flexibility index (Phi) is 6.47. The van der Waals surface area contributed by atoms with Crippen molar-refractivity contribution in [1.82, 2.24) is 5.32 Å². The van der Waals surface area contributed by atoms with E-state index < -0.39 is 18.7 Å². The zero-order valence-electron chi connectivity index (χ0n) is 10.7. The molecule has 0 saturated heterocycles. The van der Waals surface area contributed by atoms with Crippen LogP contribution in [-0.4, -0.2) is 30.4 Å². The van der Waals surface area contributed by atoms with E-state index in [1.807, 2.05) is 0 Å². The number of benzene rings is 1. The predicted octanol–water partition coefficient (Wildman–Crippen LogP) is 2.83. The zero-order valence-corrected chi connectivity index (χ0v) is 11.5. The van der Waals surface area contributed by atoms with Gasteiger partial charge in [0.2, 0.25) is 0 Å². The maximum Gasteiger partial charge on any atom is 0.387 e. The number of rotatable bonds is 6. The minimum atomic E-state index is -3.00. The molecule has 0 fully saturated rings. The molecule has 0 heterocycles. The van der Waals surface area contributed by atoms with Crippen LogP contribution in [0.2, 0.25) is 5.02 Å². The first kappa shape index (κ1) is 16.5. The number of urea groups is 1. The second-order valence-electron chi connectivity index (χ2n) is 4.04. The minimum Gasteiger partial charge on any atom is -0.433 e. The van der Waals surface area contributed by atoms with Crippen molar-refractivity contribution in [3.05, 3.63) is 23.2 Å². The number of amides is 2. The highest BCUT2D eigenvalue weighted by Crippen LogP contribution is 2.29. The molecule has 5 nitrogen and oxygen atoms in total. The average molecular weight is 309 g/mol. The first-order valence-electron chi connectivity index (χ1n) is 5.85. The number of carbonyl (C=O) groups is 1. The summed E-state index contributed by atoms with van der Waals surface area (Å²) in [6, 6.07) is 3.47. The van der Waals surface area contributed by atoms with E-state index >= 15 is 0 Å². The lowest BCUT2D eigenvalue weighted by Gasteiger charge is -2.11. The summed E-state index contributed by atoms with van der Waals surface area (Å²) in [5, 5.41) is 14.0. The topological polar surface area (TPSA) is 70.6 Å². The van der Waals surface area contributed by atoms with Crippen LogP contribution in [0, 0.1) is 0 Å². The average Bonchev–Trinajstić information content (AvgIpc) is 2.32. The van der Waals surface area contributed by atoms with E-state index in [1.54, 1.807) is 6.92 Å². The summed E-state index contributed by atoms with van der Waals surface area (Å²) in [4.78, 5) is 11.5. The molecular formula is C12H15ClF2N2O3. The highest BCUT2D eigenvalue weighted by molar-refractivity contribution is 6.32. The van der Waals surface area contributed by atoms with E-state index in [0.29, 0.717) is 6.42 Å². The lowest BCUT2D eigenvalue weighted by Crippen LogP contribution is -2.30. The van der Waals surface area contributed by atoms with E-state index in [-0.39, 0.29) is 23.0 Å². The van der Waals surface area contributed by atoms with Gasteiger partial charge in [-0.25, -0.2) is 4.79 Å². The van der Waals surface area contributed by atoms with Crippen LogP contribution < -0.4 is 15.4 Å². The van der Waals surface area contributed by atoms with Gasteiger partial charge in [-0.15, -0.1) is 0 Å². The molecule has 0 radical (unpaired) electrons. The van der Waals surface area contributed by atoms with Crippen LogP contribution in [0.5, 0.6) is 5.75 Å². The minimum absolute atomic E-state index is 0.0189. The number of nitrogens with one attached hydrogen (secondary N) is 2. The number of carbonyl (C=O) groups excluding carboxylic acids is 1. The molecule has 1 rings (SSSR count). The number of hydrogen-bond donors (Lipinski definition) is 3. The van der Waals surface area contributed by atoms with Crippen molar-refractivity contribution in [2.75, 3.05) is 11.9 Å². The molecular weight excluding hydrogens is 294 g/mol. The maximum atomic E-state index is 12.1. The summed E-state index contributed by atoms with van der Waals surface area (Å²) in [6.07, 6.45) is -0.106. The molecule has 2 amide bonds. The molecule has 0 saturated carbocycles. The number of hydrogen-bond acceptors (Lipinski definition) is 3. The largest absolute Gasteiger partial charge is 0.433 e. The number of anilines is 1. The molecule has 1 aromatic rings. The van der Waals surface area contributed by atoms with Crippen molar-refractivity contribution < 1.29 is 23.4 Å². The molecule has 0 unspecified atom stereocenters. The lowest BCUT2D eigenvalue weighted by molar-refractivity contribution is -0.0497. The second kappa shape index (κ2) is 7.86. The van der Waals surface area contributed by atoms with Crippen molar-refractivity contribution >= 4 is 23.3 Å². The Hall–Kier alpha value is -1.60. The summed E-state index contributed by atoms with van der Waals surface area (Å²) < 4.78 is 28.5. The van der Waals surface area contributed by atoms with Crippen molar-refractivity contribution in [2.45, 2.75) is 26.1 Å². The molecule has 0 bridgehead atoms. The van der Waals surface area contributed by atoms with Crippen LogP contribution in [0.4, 0.5) is 19.3 Å². The fourth-order valence-electron chi connectivity index (χ4n) is 1.34. The monoisotopic (exact) mass is 308 g/mol. The summed E-state index contributed by atoms with van der Waals surface area (Å²) in [5.41, 5.74) is 0.264. The molecule has 3 N–H and O–H groups in total. The molecule has 0 aliphatic carbocycles. The Labute approximate surface area is 119 Å². The van der Waals surface area contributed by atoms with E-state index in [1.165, 1.54) is 18.2 Å². The fourth-order valence-corrected chi connectivity index (χ4v) is 1.50. The highest BCUT2D eigenvalue weighted by atomic mass is 35.5. The van der Waals surface area contributed by atoms with Crippen LogP contribution >= 0.6 is 11.6 Å². The molecule has 20 heavy (non-hydrogen) atoms. The Morgan fingerprint density at radius 2 is 2.20 bits per heavy atom. The smallest absolute Gasteiger partial charge is 0.387 e. The fraction of sp³-hybridized carbons (Fsp3) is 0.417. The summed E-state index contributed by atoms with van der Waals surface area (Å²) in [5.74, 6) is -0.219. The zero-order chi connectivity index (χ0) is 15.1. The van der Waals surface area contributed by atoms with E-state index in [9.17, 15) is 13.6 Å². The van der Waals surface area contributed by atoms with Crippen molar-refractivity contribution in [1.29, 1.82) is 0 Å². The molecule has 0 aromatic heterocycles. The molecule has 112 valence electrons. The third-order valence-corrected chi connectivity index (χ3v) is 2.57. The van der Waals surface area contributed by atoms with E-state index in [4.69, 9.17) is 16.7 Å². The van der Waals surface area contributed by atoms with Gasteiger partial charge in [-0.2, -0.15) is 8.78 Å². The van der Waals surface area contributed by atoms with Gasteiger partial charge in [0, 0.05) is 18.3 Å². The third-order valence-electron chi connectivity index (χ3n) is 2.25. The van der Waals surface area contributed by atoms with E-state index in [0.717, 1.165) is 0 Å². The third kappa shape index (κ3) is 6.03. The number of alkyl halides is 2. The molecule has 0 aliphatic rings.